The predicted molar refractivity (Wildman–Crippen MR) is 259 cm³/mol. The van der Waals surface area contributed by atoms with Gasteiger partial charge in [0.25, 0.3) is 0 Å². The summed E-state index contributed by atoms with van der Waals surface area (Å²) in [5.74, 6) is 10.8. The zero-order valence-corrected chi connectivity index (χ0v) is 44.2. The molecule has 342 valence electrons. The second-order valence-electron chi connectivity index (χ2n) is 28.5. The van der Waals surface area contributed by atoms with Gasteiger partial charge < -0.3 is 5.11 Å². The fourth-order valence-electron chi connectivity index (χ4n) is 10.9. The topological polar surface area (TPSA) is 20.2 Å². The highest BCUT2D eigenvalue weighted by Gasteiger charge is 2.46. The highest BCUT2D eigenvalue weighted by molar-refractivity contribution is 4.97. The molecule has 57 heavy (non-hydrogen) atoms. The van der Waals surface area contributed by atoms with Gasteiger partial charge in [0.05, 0.1) is 0 Å². The third kappa shape index (κ3) is 18.5. The molecule has 0 heterocycles. The minimum Gasteiger partial charge on any atom is -0.396 e. The standard InChI is InChI=1S/C11H22O.5C9H18/c1-5-11(8-12)6-9(7-11)10(2,3)4;3*1-7-5-8(6-7)9(2,3)4;2*1-7-5-6-8(7)9(2,3)4/h9,12H,5-8H2,1-4H3;5*7-8H,5-6H2,1-4H3. The average Bonchev–Trinajstić information content (AvgIpc) is 2.92. The number of hydrogen-bond donors (Lipinski definition) is 1. The lowest BCUT2D eigenvalue weighted by Crippen LogP contribution is -2.45. The molecule has 0 aromatic rings. The second kappa shape index (κ2) is 21.4. The molecule has 1 nitrogen and oxygen atoms in total. The molecule has 0 radical (unpaired) electrons. The van der Waals surface area contributed by atoms with Gasteiger partial charge in [0, 0.05) is 6.61 Å². The molecular weight excluding hydrogens is 689 g/mol. The first-order chi connectivity index (χ1) is 25.5. The van der Waals surface area contributed by atoms with Crippen LogP contribution in [-0.2, 0) is 0 Å². The summed E-state index contributed by atoms with van der Waals surface area (Å²) in [6.45, 7) is 56.6. The molecule has 4 unspecified atom stereocenters. The van der Waals surface area contributed by atoms with Gasteiger partial charge >= 0.3 is 0 Å². The van der Waals surface area contributed by atoms with Gasteiger partial charge in [-0.05, 0) is 174 Å². The first-order valence-electron chi connectivity index (χ1n) is 25.1. The molecule has 0 aromatic carbocycles. The van der Waals surface area contributed by atoms with Crippen molar-refractivity contribution in [3.63, 3.8) is 0 Å². The van der Waals surface area contributed by atoms with Crippen LogP contribution in [0.1, 0.15) is 250 Å². The summed E-state index contributed by atoms with van der Waals surface area (Å²) in [4.78, 5) is 0. The van der Waals surface area contributed by atoms with Crippen LogP contribution in [0.25, 0.3) is 0 Å². The Morgan fingerprint density at radius 1 is 0.386 bits per heavy atom. The van der Waals surface area contributed by atoms with Gasteiger partial charge in [0.2, 0.25) is 0 Å². The quantitative estimate of drug-likeness (QED) is 0.295. The van der Waals surface area contributed by atoms with Crippen LogP contribution in [0.2, 0.25) is 0 Å². The Labute approximate surface area is 363 Å². The highest BCUT2D eigenvalue weighted by atomic mass is 16.3. The van der Waals surface area contributed by atoms with Crippen molar-refractivity contribution < 1.29 is 5.11 Å². The van der Waals surface area contributed by atoms with Gasteiger partial charge in [-0.1, -0.05) is 179 Å². The average molecular weight is 802 g/mol. The molecule has 1 heteroatoms. The van der Waals surface area contributed by atoms with Crippen LogP contribution in [0.15, 0.2) is 0 Å². The number of hydrogen-bond acceptors (Lipinski definition) is 1. The molecule has 0 bridgehead atoms. The van der Waals surface area contributed by atoms with Crippen molar-refractivity contribution in [2.24, 2.45) is 103 Å². The molecule has 0 amide bonds. The number of aliphatic hydroxyl groups is 1. The van der Waals surface area contributed by atoms with E-state index in [-0.39, 0.29) is 5.41 Å². The van der Waals surface area contributed by atoms with Crippen molar-refractivity contribution >= 4 is 0 Å². The Morgan fingerprint density at radius 3 is 0.702 bits per heavy atom. The van der Waals surface area contributed by atoms with E-state index in [0.29, 0.717) is 39.1 Å². The molecule has 0 saturated heterocycles. The van der Waals surface area contributed by atoms with Crippen LogP contribution in [-0.4, -0.2) is 11.7 Å². The summed E-state index contributed by atoms with van der Waals surface area (Å²) in [5.41, 5.74) is 3.59. The van der Waals surface area contributed by atoms with E-state index < -0.39 is 0 Å². The zero-order chi connectivity index (χ0) is 44.8. The third-order valence-corrected chi connectivity index (χ3v) is 16.9. The normalized spacial score (nSPS) is 36.1. The van der Waals surface area contributed by atoms with Crippen molar-refractivity contribution in [1.29, 1.82) is 0 Å². The van der Waals surface area contributed by atoms with Crippen molar-refractivity contribution in [2.45, 2.75) is 250 Å². The van der Waals surface area contributed by atoms with E-state index in [0.717, 1.165) is 71.5 Å². The molecule has 6 aliphatic rings. The molecule has 0 aromatic heterocycles. The molecule has 1 N–H and O–H groups in total. The predicted octanol–water partition coefficient (Wildman–Crippen LogP) is 18.2. The summed E-state index contributed by atoms with van der Waals surface area (Å²) >= 11 is 0. The van der Waals surface area contributed by atoms with Crippen LogP contribution in [0, 0.1) is 103 Å². The number of aliphatic hydroxyl groups excluding tert-OH is 1. The lowest BCUT2D eigenvalue weighted by atomic mass is 9.54. The van der Waals surface area contributed by atoms with Crippen LogP contribution in [0.5, 0.6) is 0 Å². The van der Waals surface area contributed by atoms with Gasteiger partial charge in [-0.2, -0.15) is 0 Å². The molecule has 6 fully saturated rings. The Kier molecular flexibility index (Phi) is 20.6. The Balaban J connectivity index is 0.000000343. The maximum absolute atomic E-state index is 9.22. The molecule has 0 aliphatic heterocycles. The SMILES string of the molecule is CC1CC(C(C)(C)C)C1.CC1CC(C(C)(C)C)C1.CC1CC(C(C)(C)C)C1.CC1CCC1C(C)(C)C.CC1CCC1C(C)(C)C.CCC1(CO)CC(C(C)(C)C)C1. The second-order valence-corrected chi connectivity index (χ2v) is 28.5. The molecule has 6 aliphatic carbocycles. The van der Waals surface area contributed by atoms with Crippen molar-refractivity contribution in [1.82, 2.24) is 0 Å². The molecule has 4 atom stereocenters. The van der Waals surface area contributed by atoms with E-state index in [4.69, 9.17) is 0 Å². The highest BCUT2D eigenvalue weighted by Crippen LogP contribution is 2.54. The van der Waals surface area contributed by atoms with Crippen LogP contribution >= 0.6 is 0 Å². The maximum Gasteiger partial charge on any atom is 0.0487 e. The fourth-order valence-corrected chi connectivity index (χ4v) is 10.9. The van der Waals surface area contributed by atoms with Gasteiger partial charge in [-0.25, -0.2) is 0 Å². The minimum absolute atomic E-state index is 0.290. The fraction of sp³-hybridized carbons (Fsp3) is 1.00. The summed E-state index contributed by atoms with van der Waals surface area (Å²) in [7, 11) is 0. The van der Waals surface area contributed by atoms with Gasteiger partial charge in [0.1, 0.15) is 0 Å². The van der Waals surface area contributed by atoms with E-state index >= 15 is 0 Å². The molecular formula is C56H112O. The van der Waals surface area contributed by atoms with E-state index in [1.54, 1.807) is 0 Å². The zero-order valence-electron chi connectivity index (χ0n) is 44.2. The first kappa shape index (κ1) is 55.0. The number of rotatable bonds is 2. The Bertz CT molecular complexity index is 976. The monoisotopic (exact) mass is 801 g/mol. The summed E-state index contributed by atoms with van der Waals surface area (Å²) in [6.07, 6.45) is 18.2. The van der Waals surface area contributed by atoms with Gasteiger partial charge in [-0.15, -0.1) is 0 Å². The van der Waals surface area contributed by atoms with E-state index in [9.17, 15) is 5.11 Å². The van der Waals surface area contributed by atoms with E-state index in [1.807, 2.05) is 0 Å². The lowest BCUT2D eigenvalue weighted by Gasteiger charge is -2.52. The van der Waals surface area contributed by atoms with Crippen LogP contribution < -0.4 is 0 Å². The van der Waals surface area contributed by atoms with Crippen LogP contribution in [0.4, 0.5) is 0 Å². The molecule has 6 saturated carbocycles. The lowest BCUT2D eigenvalue weighted by molar-refractivity contribution is -0.0537. The largest absolute Gasteiger partial charge is 0.396 e. The first-order valence-corrected chi connectivity index (χ1v) is 25.1. The van der Waals surface area contributed by atoms with Crippen molar-refractivity contribution in [3.05, 3.63) is 0 Å². The molecule has 6 rings (SSSR count). The summed E-state index contributed by atoms with van der Waals surface area (Å²) in [5, 5.41) is 9.22. The third-order valence-electron chi connectivity index (χ3n) is 16.9. The summed E-state index contributed by atoms with van der Waals surface area (Å²) < 4.78 is 0. The van der Waals surface area contributed by atoms with E-state index in [2.05, 4.69) is 166 Å². The minimum atomic E-state index is 0.290. The smallest absolute Gasteiger partial charge is 0.0487 e. The maximum atomic E-state index is 9.22. The summed E-state index contributed by atoms with van der Waals surface area (Å²) in [6, 6.07) is 0. The van der Waals surface area contributed by atoms with Crippen molar-refractivity contribution in [2.75, 3.05) is 6.61 Å². The van der Waals surface area contributed by atoms with Gasteiger partial charge in [0.15, 0.2) is 0 Å². The Hall–Kier alpha value is -0.0400. The van der Waals surface area contributed by atoms with Gasteiger partial charge in [-0.3, -0.25) is 0 Å². The van der Waals surface area contributed by atoms with Crippen molar-refractivity contribution in [3.8, 4) is 0 Å². The molecule has 0 spiro atoms. The van der Waals surface area contributed by atoms with Crippen LogP contribution in [0.3, 0.4) is 0 Å². The Morgan fingerprint density at radius 2 is 0.632 bits per heavy atom. The van der Waals surface area contributed by atoms with E-state index in [1.165, 1.54) is 77.0 Å².